The lowest BCUT2D eigenvalue weighted by atomic mass is 9.89. The molecule has 1 saturated carbocycles. The monoisotopic (exact) mass is 512 g/mol. The Morgan fingerprint density at radius 2 is 1.81 bits per heavy atom. The second kappa shape index (κ2) is 10.8. The third-order valence-corrected chi connectivity index (χ3v) is 5.44. The van der Waals surface area contributed by atoms with E-state index in [1.165, 1.54) is 0 Å². The highest BCUT2D eigenvalue weighted by atomic mass is 19.4. The molecule has 12 heteroatoms. The molecule has 4 N–H and O–H groups in total. The van der Waals surface area contributed by atoms with Crippen molar-refractivity contribution in [1.82, 2.24) is 10.3 Å². The summed E-state index contributed by atoms with van der Waals surface area (Å²) >= 11 is 0. The van der Waals surface area contributed by atoms with Gasteiger partial charge in [-0.1, -0.05) is 23.8 Å². The van der Waals surface area contributed by atoms with E-state index in [-0.39, 0.29) is 11.9 Å². The molecule has 0 spiro atoms. The minimum absolute atomic E-state index is 0.00792. The summed E-state index contributed by atoms with van der Waals surface area (Å²) in [5.41, 5.74) is 3.36. The first kappa shape index (κ1) is 26.8. The van der Waals surface area contributed by atoms with E-state index >= 15 is 0 Å². The van der Waals surface area contributed by atoms with Gasteiger partial charge in [-0.3, -0.25) is 10.2 Å². The normalized spacial score (nSPS) is 16.9. The summed E-state index contributed by atoms with van der Waals surface area (Å²) in [6, 6.07) is 8.50. The van der Waals surface area contributed by atoms with Gasteiger partial charge in [0.25, 0.3) is 5.91 Å². The van der Waals surface area contributed by atoms with E-state index in [1.807, 2.05) is 12.1 Å². The molecule has 0 unspecified atom stereocenters. The summed E-state index contributed by atoms with van der Waals surface area (Å²) in [4.78, 5) is 15.8. The molecular weight excluding hydrogens is 490 g/mol. The van der Waals surface area contributed by atoms with Crippen LogP contribution in [0, 0.1) is 5.41 Å². The van der Waals surface area contributed by atoms with Crippen molar-refractivity contribution in [3.8, 4) is 11.6 Å². The third kappa shape index (κ3) is 7.09. The van der Waals surface area contributed by atoms with Crippen molar-refractivity contribution < 1.29 is 35.9 Å². The summed E-state index contributed by atoms with van der Waals surface area (Å²) in [5.74, 6) is -0.654. The molecule has 1 heterocycles. The second-order valence-electron chi connectivity index (χ2n) is 8.06. The van der Waals surface area contributed by atoms with Gasteiger partial charge in [0.15, 0.2) is 0 Å². The summed E-state index contributed by atoms with van der Waals surface area (Å²) < 4.78 is 81.7. The minimum Gasteiger partial charge on any atom is -0.439 e. The number of hydrogen-bond acceptors (Lipinski definition) is 5. The smallest absolute Gasteiger partial charge is 0.433 e. The molecule has 36 heavy (non-hydrogen) atoms. The number of aromatic nitrogens is 1. The number of hydrogen-bond donors (Lipinski definition) is 3. The number of nitrogens with one attached hydrogen (secondary N) is 2. The fourth-order valence-corrected chi connectivity index (χ4v) is 3.60. The molecule has 1 aliphatic rings. The van der Waals surface area contributed by atoms with Crippen molar-refractivity contribution in [3.05, 3.63) is 71.1 Å². The molecule has 1 aromatic carbocycles. The van der Waals surface area contributed by atoms with Crippen LogP contribution >= 0.6 is 0 Å². The van der Waals surface area contributed by atoms with Crippen LogP contribution in [0.15, 0.2) is 59.9 Å². The largest absolute Gasteiger partial charge is 0.439 e. The Hall–Kier alpha value is -3.83. The molecule has 1 fully saturated rings. The van der Waals surface area contributed by atoms with Gasteiger partial charge in [-0.15, -0.1) is 0 Å². The number of rotatable bonds is 6. The van der Waals surface area contributed by atoms with Gasteiger partial charge in [0.1, 0.15) is 11.5 Å². The molecule has 1 amide bonds. The molecule has 1 aromatic heterocycles. The van der Waals surface area contributed by atoms with Crippen LogP contribution in [0.25, 0.3) is 6.08 Å². The molecule has 0 radical (unpaired) electrons. The first-order valence-corrected chi connectivity index (χ1v) is 10.8. The van der Waals surface area contributed by atoms with E-state index in [9.17, 15) is 31.1 Å². The van der Waals surface area contributed by atoms with Gasteiger partial charge in [-0.2, -0.15) is 26.3 Å². The maximum absolute atomic E-state index is 12.7. The topological polar surface area (TPSA) is 101 Å². The first-order valence-electron chi connectivity index (χ1n) is 10.8. The third-order valence-electron chi connectivity index (χ3n) is 5.44. The highest BCUT2D eigenvalue weighted by Gasteiger charge is 2.39. The Kier molecular flexibility index (Phi) is 8.06. The number of halogens is 6. The van der Waals surface area contributed by atoms with Crippen LogP contribution in [0.1, 0.15) is 36.8 Å². The van der Waals surface area contributed by atoms with Crippen LogP contribution in [0.5, 0.6) is 11.6 Å². The van der Waals surface area contributed by atoms with Gasteiger partial charge in [-0.05, 0) is 49.4 Å². The van der Waals surface area contributed by atoms with E-state index in [1.54, 1.807) is 18.2 Å². The lowest BCUT2D eigenvalue weighted by Gasteiger charge is -2.25. The summed E-state index contributed by atoms with van der Waals surface area (Å²) in [5, 5.41) is 9.63. The van der Waals surface area contributed by atoms with Crippen molar-refractivity contribution in [2.75, 3.05) is 0 Å². The Balaban J connectivity index is 1.58. The number of pyridine rings is 1. The van der Waals surface area contributed by atoms with Gasteiger partial charge in [0.2, 0.25) is 5.88 Å². The predicted molar refractivity (Wildman–Crippen MR) is 120 cm³/mol. The number of allylic oxidation sites excluding steroid dienone is 1. The van der Waals surface area contributed by atoms with E-state index in [0.717, 1.165) is 23.3 Å². The van der Waals surface area contributed by atoms with Crippen molar-refractivity contribution in [3.63, 3.8) is 0 Å². The summed E-state index contributed by atoms with van der Waals surface area (Å²) in [6.07, 6.45) is -4.26. The zero-order valence-electron chi connectivity index (χ0n) is 18.7. The Labute approximate surface area is 202 Å². The van der Waals surface area contributed by atoms with Crippen LogP contribution in [0.4, 0.5) is 26.3 Å². The molecule has 6 nitrogen and oxygen atoms in total. The molecule has 192 valence electrons. The van der Waals surface area contributed by atoms with Crippen LogP contribution in [-0.4, -0.2) is 28.8 Å². The van der Waals surface area contributed by atoms with Gasteiger partial charge >= 0.3 is 12.4 Å². The number of carbonyl (C=O) groups is 1. The average molecular weight is 512 g/mol. The number of amides is 1. The number of alkyl halides is 6. The van der Waals surface area contributed by atoms with Crippen molar-refractivity contribution in [2.24, 2.45) is 5.73 Å². The van der Waals surface area contributed by atoms with Crippen molar-refractivity contribution >= 4 is 17.7 Å². The van der Waals surface area contributed by atoms with Crippen LogP contribution in [-0.2, 0) is 11.0 Å². The number of ether oxygens (including phenoxy) is 1. The second-order valence-corrected chi connectivity index (χ2v) is 8.06. The lowest BCUT2D eigenvalue weighted by Crippen LogP contribution is -2.41. The zero-order valence-corrected chi connectivity index (χ0v) is 18.7. The van der Waals surface area contributed by atoms with Crippen molar-refractivity contribution in [1.29, 1.82) is 5.41 Å². The van der Waals surface area contributed by atoms with Crippen LogP contribution in [0.3, 0.4) is 0 Å². The molecule has 0 atom stereocenters. The van der Waals surface area contributed by atoms with E-state index in [4.69, 9.17) is 15.9 Å². The molecule has 3 rings (SSSR count). The van der Waals surface area contributed by atoms with Gasteiger partial charge < -0.3 is 15.8 Å². The molecule has 1 aliphatic carbocycles. The van der Waals surface area contributed by atoms with E-state index < -0.39 is 35.1 Å². The molecular formula is C24H22F6N4O2. The van der Waals surface area contributed by atoms with Crippen molar-refractivity contribution in [2.45, 2.75) is 44.1 Å². The van der Waals surface area contributed by atoms with E-state index in [0.29, 0.717) is 43.8 Å². The van der Waals surface area contributed by atoms with Gasteiger partial charge in [0.05, 0.1) is 11.1 Å². The van der Waals surface area contributed by atoms with Crippen LogP contribution in [0.2, 0.25) is 0 Å². The Morgan fingerprint density at radius 3 is 2.36 bits per heavy atom. The molecule has 2 aromatic rings. The lowest BCUT2D eigenvalue weighted by molar-refractivity contribution is -0.137. The SMILES string of the molecule is N=C(/C(=C\N)C(=O)NC1CCC(=Cc2cccc(Oc3ccc(C(F)(F)F)cn3)c2)CC1)C(F)(F)F. The molecule has 0 bridgehead atoms. The molecule has 0 aliphatic heterocycles. The first-order chi connectivity index (χ1) is 16.9. The highest BCUT2D eigenvalue weighted by Crippen LogP contribution is 2.31. The fourth-order valence-electron chi connectivity index (χ4n) is 3.60. The van der Waals surface area contributed by atoms with Gasteiger partial charge in [0, 0.05) is 24.5 Å². The van der Waals surface area contributed by atoms with Gasteiger partial charge in [-0.25, -0.2) is 4.98 Å². The number of benzene rings is 1. The Morgan fingerprint density at radius 1 is 1.11 bits per heavy atom. The minimum atomic E-state index is -4.98. The van der Waals surface area contributed by atoms with Crippen LogP contribution < -0.4 is 15.8 Å². The number of nitrogens with zero attached hydrogens (tertiary/aromatic N) is 1. The summed E-state index contributed by atoms with van der Waals surface area (Å²) in [7, 11) is 0. The number of nitrogens with two attached hydrogens (primary N) is 1. The Bertz CT molecular complexity index is 1160. The zero-order chi connectivity index (χ0) is 26.5. The predicted octanol–water partition coefficient (Wildman–Crippen LogP) is 5.76. The standard InChI is InChI=1S/C24H22F6N4O2/c25-23(26,27)16-6-9-20(33-13-16)36-18-3-1-2-15(11-18)10-14-4-7-17(8-5-14)34-22(35)19(12-31)21(32)24(28,29)30/h1-3,6,9-13,17,32H,4-5,7-8,31H2,(H,34,35)/b14-10?,19-12+,32-21?. The molecule has 0 saturated heterocycles. The average Bonchev–Trinajstić information content (AvgIpc) is 2.80. The quantitative estimate of drug-likeness (QED) is 0.260. The maximum Gasteiger partial charge on any atom is 0.433 e. The fraction of sp³-hybridized carbons (Fsp3) is 0.292. The summed E-state index contributed by atoms with van der Waals surface area (Å²) in [6.45, 7) is 0. The highest BCUT2D eigenvalue weighted by molar-refractivity contribution is 6.22. The maximum atomic E-state index is 12.7. The van der Waals surface area contributed by atoms with E-state index in [2.05, 4.69) is 10.3 Å². The number of carbonyl (C=O) groups excluding carboxylic acids is 1.